The van der Waals surface area contributed by atoms with Gasteiger partial charge in [-0.2, -0.15) is 5.10 Å². The minimum Gasteiger partial charge on any atom is -0.350 e. The van der Waals surface area contributed by atoms with Gasteiger partial charge in [0.2, 0.25) is 5.91 Å². The van der Waals surface area contributed by atoms with Crippen LogP contribution >= 0.6 is 0 Å². The predicted octanol–water partition coefficient (Wildman–Crippen LogP) is 2.81. The number of hydrogen-bond donors (Lipinski definition) is 2. The highest BCUT2D eigenvalue weighted by molar-refractivity contribution is 5.99. The van der Waals surface area contributed by atoms with E-state index in [0.717, 1.165) is 21.4 Å². The fourth-order valence-corrected chi connectivity index (χ4v) is 3.97. The van der Waals surface area contributed by atoms with Crippen LogP contribution in [0.5, 0.6) is 0 Å². The Kier molecular flexibility index (Phi) is 6.77. The molecule has 0 unspecified atom stereocenters. The molecule has 8 nitrogen and oxygen atoms in total. The Labute approximate surface area is 201 Å². The van der Waals surface area contributed by atoms with Gasteiger partial charge in [0.25, 0.3) is 11.5 Å². The molecule has 4 rings (SSSR count). The Balaban J connectivity index is 1.51. The largest absolute Gasteiger partial charge is 0.350 e. The van der Waals surface area contributed by atoms with Gasteiger partial charge in [0.05, 0.1) is 5.56 Å². The zero-order valence-electron chi connectivity index (χ0n) is 19.8. The lowest BCUT2D eigenvalue weighted by Crippen LogP contribution is -2.34. The molecule has 2 amide bonds. The summed E-state index contributed by atoms with van der Waals surface area (Å²) in [6.07, 6.45) is 1.43. The van der Waals surface area contributed by atoms with Crippen molar-refractivity contribution in [3.05, 3.63) is 105 Å². The third-order valence-electron chi connectivity index (χ3n) is 5.93. The van der Waals surface area contributed by atoms with Gasteiger partial charge < -0.3 is 10.6 Å². The van der Waals surface area contributed by atoms with Crippen LogP contribution in [0.3, 0.4) is 0 Å². The average molecular weight is 476 g/mol. The maximum Gasteiger partial charge on any atom is 0.291 e. The summed E-state index contributed by atoms with van der Waals surface area (Å²) < 4.78 is 15.8. The van der Waals surface area contributed by atoms with Gasteiger partial charge in [0, 0.05) is 18.8 Å². The number of benzene rings is 2. The lowest BCUT2D eigenvalue weighted by atomic mass is 10.1. The van der Waals surface area contributed by atoms with Crippen LogP contribution in [0.2, 0.25) is 0 Å². The van der Waals surface area contributed by atoms with Crippen LogP contribution in [-0.4, -0.2) is 26.0 Å². The topological polar surface area (TPSA) is 97.5 Å². The van der Waals surface area contributed by atoms with Gasteiger partial charge in [0.15, 0.2) is 0 Å². The van der Waals surface area contributed by atoms with E-state index >= 15 is 0 Å². The summed E-state index contributed by atoms with van der Waals surface area (Å²) in [5.41, 5.74) is 4.09. The summed E-state index contributed by atoms with van der Waals surface area (Å²) in [6.45, 7) is 5.73. The van der Waals surface area contributed by atoms with Gasteiger partial charge >= 0.3 is 0 Å². The van der Waals surface area contributed by atoms with E-state index in [4.69, 9.17) is 0 Å². The summed E-state index contributed by atoms with van der Waals surface area (Å²) in [5.74, 6) is -1.05. The molecule has 2 aromatic heterocycles. The highest BCUT2D eigenvalue weighted by Crippen LogP contribution is 2.20. The van der Waals surface area contributed by atoms with Gasteiger partial charge in [-0.05, 0) is 49.6 Å². The molecule has 180 valence electrons. The normalized spacial score (nSPS) is 11.0. The Morgan fingerprint density at radius 2 is 1.51 bits per heavy atom. The van der Waals surface area contributed by atoms with Crippen LogP contribution in [0.4, 0.5) is 4.39 Å². The SMILES string of the molecule is Cc1ccc(CNC(=O)Cn2ncn3c(C)c(C(=O)NCc4ccc(F)cc4)c(C)c3c2=O)cc1. The first-order valence-electron chi connectivity index (χ1n) is 11.2. The van der Waals surface area contributed by atoms with Crippen molar-refractivity contribution in [2.75, 3.05) is 0 Å². The minimum atomic E-state index is -0.462. The third kappa shape index (κ3) is 5.13. The van der Waals surface area contributed by atoms with Gasteiger partial charge in [0.1, 0.15) is 24.2 Å². The quantitative estimate of drug-likeness (QED) is 0.430. The fraction of sp³-hybridized carbons (Fsp3) is 0.231. The van der Waals surface area contributed by atoms with E-state index in [1.165, 1.54) is 18.5 Å². The zero-order chi connectivity index (χ0) is 25.1. The molecule has 0 spiro atoms. The summed E-state index contributed by atoms with van der Waals surface area (Å²) in [7, 11) is 0. The molecule has 0 aliphatic carbocycles. The highest BCUT2D eigenvalue weighted by Gasteiger charge is 2.22. The van der Waals surface area contributed by atoms with Crippen molar-refractivity contribution in [1.29, 1.82) is 0 Å². The number of hydrogen-bond acceptors (Lipinski definition) is 4. The van der Waals surface area contributed by atoms with Gasteiger partial charge in [-0.1, -0.05) is 42.0 Å². The van der Waals surface area contributed by atoms with Crippen LogP contribution in [0.1, 0.15) is 38.3 Å². The Morgan fingerprint density at radius 3 is 2.17 bits per heavy atom. The lowest BCUT2D eigenvalue weighted by molar-refractivity contribution is -0.122. The van der Waals surface area contributed by atoms with E-state index < -0.39 is 5.56 Å². The second-order valence-corrected chi connectivity index (χ2v) is 8.47. The highest BCUT2D eigenvalue weighted by atomic mass is 19.1. The van der Waals surface area contributed by atoms with Crippen molar-refractivity contribution in [2.45, 2.75) is 40.4 Å². The third-order valence-corrected chi connectivity index (χ3v) is 5.93. The standard InChI is InChI=1S/C26H26FN5O3/c1-16-4-6-19(7-5-16)12-28-22(33)14-32-26(35)24-17(2)23(18(3)31(24)15-30-32)25(34)29-13-20-8-10-21(27)11-9-20/h4-11,15H,12-14H2,1-3H3,(H,28,33)(H,29,34). The van der Waals surface area contributed by atoms with Crippen LogP contribution in [0.15, 0.2) is 59.7 Å². The average Bonchev–Trinajstić information content (AvgIpc) is 3.10. The molecule has 4 aromatic rings. The summed E-state index contributed by atoms with van der Waals surface area (Å²) in [6, 6.07) is 13.6. The van der Waals surface area contributed by atoms with Gasteiger partial charge in [-0.15, -0.1) is 0 Å². The molecule has 0 radical (unpaired) electrons. The molecule has 0 aliphatic heterocycles. The Morgan fingerprint density at radius 1 is 0.914 bits per heavy atom. The summed E-state index contributed by atoms with van der Waals surface area (Å²) >= 11 is 0. The molecule has 2 heterocycles. The number of fused-ring (bicyclic) bond motifs is 1. The molecule has 9 heteroatoms. The maximum absolute atomic E-state index is 13.1. The second kappa shape index (κ2) is 9.92. The van der Waals surface area contributed by atoms with Crippen molar-refractivity contribution >= 4 is 17.3 Å². The van der Waals surface area contributed by atoms with E-state index in [1.807, 2.05) is 31.2 Å². The first-order chi connectivity index (χ1) is 16.7. The predicted molar refractivity (Wildman–Crippen MR) is 130 cm³/mol. The van der Waals surface area contributed by atoms with Gasteiger partial charge in [-0.3, -0.25) is 18.8 Å². The number of nitrogens with one attached hydrogen (secondary N) is 2. The lowest BCUT2D eigenvalue weighted by Gasteiger charge is -2.08. The van der Waals surface area contributed by atoms with E-state index in [0.29, 0.717) is 23.4 Å². The molecular weight excluding hydrogens is 449 g/mol. The molecule has 0 saturated carbocycles. The molecular formula is C26H26FN5O3. The second-order valence-electron chi connectivity index (χ2n) is 8.47. The molecule has 2 aromatic carbocycles. The van der Waals surface area contributed by atoms with E-state index in [-0.39, 0.29) is 36.2 Å². The van der Waals surface area contributed by atoms with Gasteiger partial charge in [-0.25, -0.2) is 9.07 Å². The van der Waals surface area contributed by atoms with Crippen LogP contribution in [-0.2, 0) is 24.4 Å². The monoisotopic (exact) mass is 475 g/mol. The number of halogens is 1. The van der Waals surface area contributed by atoms with Crippen LogP contribution in [0.25, 0.3) is 5.52 Å². The molecule has 0 aliphatic rings. The number of carbonyl (C=O) groups is 2. The molecule has 35 heavy (non-hydrogen) atoms. The fourth-order valence-electron chi connectivity index (χ4n) is 3.97. The molecule has 0 saturated heterocycles. The van der Waals surface area contributed by atoms with Crippen molar-refractivity contribution in [2.24, 2.45) is 0 Å². The number of aryl methyl sites for hydroxylation is 3. The number of carbonyl (C=O) groups excluding carboxylic acids is 2. The maximum atomic E-state index is 13.1. The summed E-state index contributed by atoms with van der Waals surface area (Å²) in [5, 5.41) is 9.73. The van der Waals surface area contributed by atoms with Crippen molar-refractivity contribution < 1.29 is 14.0 Å². The first kappa shape index (κ1) is 23.9. The van der Waals surface area contributed by atoms with Crippen LogP contribution < -0.4 is 16.2 Å². The Hall–Kier alpha value is -4.27. The van der Waals surface area contributed by atoms with E-state index in [9.17, 15) is 18.8 Å². The van der Waals surface area contributed by atoms with Crippen molar-refractivity contribution in [3.8, 4) is 0 Å². The molecule has 0 fully saturated rings. The Bertz CT molecular complexity index is 1450. The molecule has 0 atom stereocenters. The van der Waals surface area contributed by atoms with E-state index in [2.05, 4.69) is 15.7 Å². The first-order valence-corrected chi connectivity index (χ1v) is 11.2. The van der Waals surface area contributed by atoms with Crippen molar-refractivity contribution in [1.82, 2.24) is 24.8 Å². The van der Waals surface area contributed by atoms with E-state index in [1.54, 1.807) is 30.4 Å². The number of nitrogens with zero attached hydrogens (tertiary/aromatic N) is 3. The van der Waals surface area contributed by atoms with Crippen molar-refractivity contribution in [3.63, 3.8) is 0 Å². The van der Waals surface area contributed by atoms with Crippen LogP contribution in [0, 0.1) is 26.6 Å². The smallest absolute Gasteiger partial charge is 0.291 e. The minimum absolute atomic E-state index is 0.216. The molecule has 2 N–H and O–H groups in total. The number of aromatic nitrogens is 3. The number of amides is 2. The zero-order valence-corrected chi connectivity index (χ0v) is 19.8. The molecule has 0 bridgehead atoms. The number of rotatable bonds is 7. The summed E-state index contributed by atoms with van der Waals surface area (Å²) in [4.78, 5) is 38.5.